The highest BCUT2D eigenvalue weighted by atomic mass is 79.9. The Morgan fingerprint density at radius 1 is 1.53 bits per heavy atom. The van der Waals surface area contributed by atoms with E-state index in [4.69, 9.17) is 4.74 Å². The minimum absolute atomic E-state index is 0.300. The first-order chi connectivity index (χ1) is 7.10. The van der Waals surface area contributed by atoms with Crippen LogP contribution in [0.25, 0.3) is 0 Å². The number of ether oxygens (including phenoxy) is 2. The SMILES string of the molecule is COC(=O)C(C)c1cc(Br)ncc1OC. The highest BCUT2D eigenvalue weighted by molar-refractivity contribution is 9.10. The molecule has 0 aromatic carbocycles. The zero-order chi connectivity index (χ0) is 11.4. The average molecular weight is 274 g/mol. The smallest absolute Gasteiger partial charge is 0.312 e. The Morgan fingerprint density at radius 3 is 2.73 bits per heavy atom. The lowest BCUT2D eigenvalue weighted by Crippen LogP contribution is -2.12. The van der Waals surface area contributed by atoms with Gasteiger partial charge in [0, 0.05) is 5.56 Å². The molecule has 1 aromatic heterocycles. The second-order valence-corrected chi connectivity index (χ2v) is 3.81. The molecule has 0 fully saturated rings. The first-order valence-electron chi connectivity index (χ1n) is 4.37. The molecule has 15 heavy (non-hydrogen) atoms. The normalized spacial score (nSPS) is 12.0. The Balaban J connectivity index is 3.10. The molecule has 0 saturated heterocycles. The van der Waals surface area contributed by atoms with Gasteiger partial charge in [-0.2, -0.15) is 0 Å². The highest BCUT2D eigenvalue weighted by Gasteiger charge is 2.20. The molecular formula is C10H12BrNO3. The van der Waals surface area contributed by atoms with Crippen LogP contribution in [0.5, 0.6) is 5.75 Å². The monoisotopic (exact) mass is 273 g/mol. The van der Waals surface area contributed by atoms with Gasteiger partial charge in [-0.05, 0) is 28.9 Å². The van der Waals surface area contributed by atoms with Gasteiger partial charge >= 0.3 is 5.97 Å². The summed E-state index contributed by atoms with van der Waals surface area (Å²) >= 11 is 3.25. The summed E-state index contributed by atoms with van der Waals surface area (Å²) in [5.74, 6) is -0.0910. The van der Waals surface area contributed by atoms with Crippen molar-refractivity contribution < 1.29 is 14.3 Å². The number of carbonyl (C=O) groups excluding carboxylic acids is 1. The summed E-state index contributed by atoms with van der Waals surface area (Å²) in [5.41, 5.74) is 0.756. The summed E-state index contributed by atoms with van der Waals surface area (Å²) in [7, 11) is 2.90. The van der Waals surface area contributed by atoms with Crippen LogP contribution in [0.3, 0.4) is 0 Å². The summed E-state index contributed by atoms with van der Waals surface area (Å²) in [5, 5.41) is 0. The number of halogens is 1. The van der Waals surface area contributed by atoms with Crippen molar-refractivity contribution in [1.82, 2.24) is 4.98 Å². The number of aromatic nitrogens is 1. The van der Waals surface area contributed by atoms with Gasteiger partial charge in [-0.3, -0.25) is 4.79 Å². The zero-order valence-corrected chi connectivity index (χ0v) is 10.4. The molecule has 0 amide bonds. The van der Waals surface area contributed by atoms with Crippen LogP contribution < -0.4 is 4.74 Å². The largest absolute Gasteiger partial charge is 0.495 e. The van der Waals surface area contributed by atoms with E-state index in [9.17, 15) is 4.79 Å². The summed E-state index contributed by atoms with van der Waals surface area (Å²) in [6.45, 7) is 1.76. The van der Waals surface area contributed by atoms with Gasteiger partial charge in [0.05, 0.1) is 26.3 Å². The fourth-order valence-corrected chi connectivity index (χ4v) is 1.59. The first-order valence-corrected chi connectivity index (χ1v) is 5.16. The van der Waals surface area contributed by atoms with Gasteiger partial charge in [0.25, 0.3) is 0 Å². The quantitative estimate of drug-likeness (QED) is 0.625. The van der Waals surface area contributed by atoms with Crippen molar-refractivity contribution in [3.8, 4) is 5.75 Å². The number of rotatable bonds is 3. The van der Waals surface area contributed by atoms with Crippen molar-refractivity contribution >= 4 is 21.9 Å². The third kappa shape index (κ3) is 2.68. The fourth-order valence-electron chi connectivity index (χ4n) is 1.24. The predicted molar refractivity (Wildman–Crippen MR) is 58.9 cm³/mol. The minimum atomic E-state index is -0.371. The molecule has 0 aliphatic rings. The van der Waals surface area contributed by atoms with Crippen LogP contribution in [-0.2, 0) is 9.53 Å². The molecule has 0 aliphatic carbocycles. The number of carbonyl (C=O) groups is 1. The summed E-state index contributed by atoms with van der Waals surface area (Å²) in [4.78, 5) is 15.4. The highest BCUT2D eigenvalue weighted by Crippen LogP contribution is 2.28. The van der Waals surface area contributed by atoms with E-state index < -0.39 is 0 Å². The molecular weight excluding hydrogens is 262 g/mol. The lowest BCUT2D eigenvalue weighted by atomic mass is 10.0. The maximum absolute atomic E-state index is 11.4. The number of nitrogens with zero attached hydrogens (tertiary/aromatic N) is 1. The first kappa shape index (κ1) is 12.0. The molecule has 1 atom stereocenters. The second kappa shape index (κ2) is 5.11. The molecule has 1 unspecified atom stereocenters. The van der Waals surface area contributed by atoms with E-state index in [-0.39, 0.29) is 11.9 Å². The Hall–Kier alpha value is -1.10. The predicted octanol–water partition coefficient (Wildman–Crippen LogP) is 2.13. The van der Waals surface area contributed by atoms with Crippen LogP contribution in [0.1, 0.15) is 18.4 Å². The molecule has 0 aliphatic heterocycles. The molecule has 0 spiro atoms. The van der Waals surface area contributed by atoms with Crippen LogP contribution in [0.15, 0.2) is 16.9 Å². The Kier molecular flexibility index (Phi) is 4.08. The number of esters is 1. The van der Waals surface area contributed by atoms with E-state index in [1.54, 1.807) is 26.3 Å². The standard InChI is InChI=1S/C10H12BrNO3/c1-6(10(13)15-3)7-4-9(11)12-5-8(7)14-2/h4-6H,1-3H3. The van der Waals surface area contributed by atoms with E-state index in [2.05, 4.69) is 25.7 Å². The molecule has 0 radical (unpaired) electrons. The Labute approximate surface area is 96.7 Å². The maximum Gasteiger partial charge on any atom is 0.312 e. The second-order valence-electron chi connectivity index (χ2n) is 2.99. The van der Waals surface area contributed by atoms with Gasteiger partial charge in [-0.15, -0.1) is 0 Å². The minimum Gasteiger partial charge on any atom is -0.495 e. The van der Waals surface area contributed by atoms with Crippen molar-refractivity contribution in [3.63, 3.8) is 0 Å². The number of hydrogen-bond donors (Lipinski definition) is 0. The Bertz CT molecular complexity index is 368. The molecule has 0 bridgehead atoms. The van der Waals surface area contributed by atoms with Crippen molar-refractivity contribution in [2.75, 3.05) is 14.2 Å². The Morgan fingerprint density at radius 2 is 2.20 bits per heavy atom. The summed E-state index contributed by atoms with van der Waals surface area (Å²) < 4.78 is 10.5. The number of methoxy groups -OCH3 is 2. The van der Waals surface area contributed by atoms with Crippen molar-refractivity contribution in [1.29, 1.82) is 0 Å². The number of hydrogen-bond acceptors (Lipinski definition) is 4. The summed E-state index contributed by atoms with van der Waals surface area (Å²) in [6.07, 6.45) is 1.57. The van der Waals surface area contributed by atoms with Crippen molar-refractivity contribution in [2.45, 2.75) is 12.8 Å². The zero-order valence-electron chi connectivity index (χ0n) is 8.78. The third-order valence-electron chi connectivity index (χ3n) is 2.11. The van der Waals surface area contributed by atoms with E-state index >= 15 is 0 Å². The third-order valence-corrected chi connectivity index (χ3v) is 2.54. The van der Waals surface area contributed by atoms with Gasteiger partial charge in [-0.1, -0.05) is 0 Å². The van der Waals surface area contributed by atoms with Gasteiger partial charge in [0.1, 0.15) is 10.4 Å². The van der Waals surface area contributed by atoms with Crippen LogP contribution in [-0.4, -0.2) is 25.2 Å². The molecule has 1 rings (SSSR count). The van der Waals surface area contributed by atoms with Crippen LogP contribution in [0, 0.1) is 0 Å². The summed E-state index contributed by atoms with van der Waals surface area (Å²) in [6, 6.07) is 1.75. The van der Waals surface area contributed by atoms with E-state index in [0.717, 1.165) is 5.56 Å². The van der Waals surface area contributed by atoms with Crippen molar-refractivity contribution in [3.05, 3.63) is 22.4 Å². The fraction of sp³-hybridized carbons (Fsp3) is 0.400. The molecule has 82 valence electrons. The molecule has 1 heterocycles. The number of pyridine rings is 1. The van der Waals surface area contributed by atoms with Crippen LogP contribution in [0.2, 0.25) is 0 Å². The lowest BCUT2D eigenvalue weighted by molar-refractivity contribution is -0.142. The molecule has 5 heteroatoms. The average Bonchev–Trinajstić information content (AvgIpc) is 2.27. The van der Waals surface area contributed by atoms with Crippen LogP contribution in [0.4, 0.5) is 0 Å². The van der Waals surface area contributed by atoms with Gasteiger partial charge < -0.3 is 9.47 Å². The van der Waals surface area contributed by atoms with Crippen molar-refractivity contribution in [2.24, 2.45) is 0 Å². The lowest BCUT2D eigenvalue weighted by Gasteiger charge is -2.13. The van der Waals surface area contributed by atoms with Gasteiger partial charge in [0.2, 0.25) is 0 Å². The van der Waals surface area contributed by atoms with E-state index in [1.165, 1.54) is 7.11 Å². The van der Waals surface area contributed by atoms with E-state index in [0.29, 0.717) is 10.4 Å². The van der Waals surface area contributed by atoms with Gasteiger partial charge in [0.15, 0.2) is 0 Å². The topological polar surface area (TPSA) is 48.4 Å². The van der Waals surface area contributed by atoms with Crippen LogP contribution >= 0.6 is 15.9 Å². The molecule has 1 aromatic rings. The molecule has 4 nitrogen and oxygen atoms in total. The molecule has 0 N–H and O–H groups in total. The molecule has 0 saturated carbocycles. The van der Waals surface area contributed by atoms with Gasteiger partial charge in [-0.25, -0.2) is 4.98 Å². The maximum atomic E-state index is 11.4. The van der Waals surface area contributed by atoms with E-state index in [1.807, 2.05) is 0 Å².